The minimum Gasteiger partial charge on any atom is -0.492 e. The standard InChI is InChI=1S/C13H14N2O3/c14-5-7-18-12-3-1-2-11(8-12)15-13(16)10-4-6-17-9-10/h1-4,6,8-9H,5,7,14H2,(H,15,16). The first-order chi connectivity index (χ1) is 8.79. The molecule has 0 aliphatic rings. The molecule has 0 unspecified atom stereocenters. The molecule has 1 heterocycles. The molecule has 0 spiro atoms. The van der Waals surface area contributed by atoms with Gasteiger partial charge in [-0.25, -0.2) is 0 Å². The van der Waals surface area contributed by atoms with Gasteiger partial charge in [0.15, 0.2) is 0 Å². The fourth-order valence-electron chi connectivity index (χ4n) is 1.44. The van der Waals surface area contributed by atoms with Crippen molar-refractivity contribution < 1.29 is 13.9 Å². The molecule has 0 saturated carbocycles. The molecule has 0 aliphatic carbocycles. The van der Waals surface area contributed by atoms with Gasteiger partial charge in [-0.3, -0.25) is 4.79 Å². The Morgan fingerprint density at radius 3 is 3.00 bits per heavy atom. The van der Waals surface area contributed by atoms with Crippen LogP contribution in [-0.4, -0.2) is 19.1 Å². The Bertz CT molecular complexity index is 509. The maximum Gasteiger partial charge on any atom is 0.258 e. The molecule has 5 nitrogen and oxygen atoms in total. The van der Waals surface area contributed by atoms with E-state index < -0.39 is 0 Å². The lowest BCUT2D eigenvalue weighted by Gasteiger charge is -2.07. The van der Waals surface area contributed by atoms with Crippen molar-refractivity contribution in [2.45, 2.75) is 0 Å². The van der Waals surface area contributed by atoms with Crippen LogP contribution in [0.5, 0.6) is 5.75 Å². The summed E-state index contributed by atoms with van der Waals surface area (Å²) in [7, 11) is 0. The predicted molar refractivity (Wildman–Crippen MR) is 67.7 cm³/mol. The lowest BCUT2D eigenvalue weighted by molar-refractivity contribution is 0.102. The van der Waals surface area contributed by atoms with E-state index in [1.54, 1.807) is 24.3 Å². The van der Waals surface area contributed by atoms with Gasteiger partial charge in [0.2, 0.25) is 0 Å². The van der Waals surface area contributed by atoms with Crippen LogP contribution >= 0.6 is 0 Å². The molecular weight excluding hydrogens is 232 g/mol. The van der Waals surface area contributed by atoms with E-state index in [0.717, 1.165) is 0 Å². The molecule has 0 radical (unpaired) electrons. The van der Waals surface area contributed by atoms with Crippen LogP contribution in [0.2, 0.25) is 0 Å². The molecular formula is C13H14N2O3. The molecule has 3 N–H and O–H groups in total. The van der Waals surface area contributed by atoms with Gasteiger partial charge in [0.25, 0.3) is 5.91 Å². The Kier molecular flexibility index (Phi) is 3.98. The zero-order chi connectivity index (χ0) is 12.8. The van der Waals surface area contributed by atoms with Crippen molar-refractivity contribution in [3.8, 4) is 5.75 Å². The molecule has 2 aromatic rings. The van der Waals surface area contributed by atoms with Crippen LogP contribution in [0.25, 0.3) is 0 Å². The van der Waals surface area contributed by atoms with Gasteiger partial charge in [-0.2, -0.15) is 0 Å². The van der Waals surface area contributed by atoms with E-state index in [4.69, 9.17) is 14.9 Å². The zero-order valence-corrected chi connectivity index (χ0v) is 9.76. The van der Waals surface area contributed by atoms with Gasteiger partial charge in [-0.1, -0.05) is 6.07 Å². The maximum atomic E-state index is 11.8. The number of rotatable bonds is 5. The van der Waals surface area contributed by atoms with Gasteiger partial charge in [-0.15, -0.1) is 0 Å². The lowest BCUT2D eigenvalue weighted by atomic mass is 10.2. The van der Waals surface area contributed by atoms with Crippen LogP contribution in [0.3, 0.4) is 0 Å². The predicted octanol–water partition coefficient (Wildman–Crippen LogP) is 1.87. The van der Waals surface area contributed by atoms with Crippen molar-refractivity contribution in [2.75, 3.05) is 18.5 Å². The maximum absolute atomic E-state index is 11.8. The third-order valence-corrected chi connectivity index (χ3v) is 2.26. The van der Waals surface area contributed by atoms with E-state index >= 15 is 0 Å². The van der Waals surface area contributed by atoms with Crippen molar-refractivity contribution in [3.63, 3.8) is 0 Å². The number of nitrogens with one attached hydrogen (secondary N) is 1. The summed E-state index contributed by atoms with van der Waals surface area (Å²) >= 11 is 0. The highest BCUT2D eigenvalue weighted by molar-refractivity contribution is 6.04. The van der Waals surface area contributed by atoms with E-state index in [0.29, 0.717) is 30.2 Å². The average Bonchev–Trinajstić information content (AvgIpc) is 2.91. The summed E-state index contributed by atoms with van der Waals surface area (Å²) in [5.74, 6) is 0.449. The number of hydrogen-bond donors (Lipinski definition) is 2. The Morgan fingerprint density at radius 1 is 1.39 bits per heavy atom. The fraction of sp³-hybridized carbons (Fsp3) is 0.154. The van der Waals surface area contributed by atoms with Crippen LogP contribution in [0.15, 0.2) is 47.3 Å². The molecule has 1 amide bonds. The second-order valence-corrected chi connectivity index (χ2v) is 3.63. The number of ether oxygens (including phenoxy) is 1. The highest BCUT2D eigenvalue weighted by atomic mass is 16.5. The Morgan fingerprint density at radius 2 is 2.28 bits per heavy atom. The van der Waals surface area contributed by atoms with Crippen LogP contribution in [0, 0.1) is 0 Å². The molecule has 18 heavy (non-hydrogen) atoms. The summed E-state index contributed by atoms with van der Waals surface area (Å²) in [6.07, 6.45) is 2.85. The van der Waals surface area contributed by atoms with E-state index in [2.05, 4.69) is 5.32 Å². The molecule has 0 fully saturated rings. The van der Waals surface area contributed by atoms with E-state index in [1.165, 1.54) is 12.5 Å². The number of furan rings is 1. The van der Waals surface area contributed by atoms with Gasteiger partial charge in [-0.05, 0) is 18.2 Å². The fourth-order valence-corrected chi connectivity index (χ4v) is 1.44. The van der Waals surface area contributed by atoms with Gasteiger partial charge in [0.05, 0.1) is 11.8 Å². The molecule has 5 heteroatoms. The summed E-state index contributed by atoms with van der Waals surface area (Å²) in [4.78, 5) is 11.8. The van der Waals surface area contributed by atoms with Gasteiger partial charge in [0, 0.05) is 18.3 Å². The minimum atomic E-state index is -0.222. The van der Waals surface area contributed by atoms with Crippen LogP contribution in [0.1, 0.15) is 10.4 Å². The number of benzene rings is 1. The van der Waals surface area contributed by atoms with Crippen molar-refractivity contribution >= 4 is 11.6 Å². The molecule has 0 saturated heterocycles. The third-order valence-electron chi connectivity index (χ3n) is 2.26. The van der Waals surface area contributed by atoms with Crippen LogP contribution < -0.4 is 15.8 Å². The lowest BCUT2D eigenvalue weighted by Crippen LogP contribution is -2.12. The largest absolute Gasteiger partial charge is 0.492 e. The minimum absolute atomic E-state index is 0.222. The van der Waals surface area contributed by atoms with Gasteiger partial charge < -0.3 is 20.2 Å². The first-order valence-electron chi connectivity index (χ1n) is 5.56. The smallest absolute Gasteiger partial charge is 0.258 e. The third kappa shape index (κ3) is 3.11. The quantitative estimate of drug-likeness (QED) is 0.844. The van der Waals surface area contributed by atoms with Crippen molar-refractivity contribution in [3.05, 3.63) is 48.4 Å². The first-order valence-corrected chi connectivity index (χ1v) is 5.56. The molecule has 94 valence electrons. The second kappa shape index (κ2) is 5.88. The molecule has 2 rings (SSSR count). The number of nitrogens with two attached hydrogens (primary N) is 1. The SMILES string of the molecule is NCCOc1cccc(NC(=O)c2ccoc2)c1. The van der Waals surface area contributed by atoms with Crippen molar-refractivity contribution in [1.82, 2.24) is 0 Å². The van der Waals surface area contributed by atoms with Gasteiger partial charge >= 0.3 is 0 Å². The average molecular weight is 246 g/mol. The summed E-state index contributed by atoms with van der Waals surface area (Å²) in [5.41, 5.74) is 6.49. The Balaban J connectivity index is 2.03. The number of carbonyl (C=O) groups is 1. The Labute approximate surface area is 105 Å². The first kappa shape index (κ1) is 12.2. The highest BCUT2D eigenvalue weighted by Crippen LogP contribution is 2.18. The topological polar surface area (TPSA) is 77.5 Å². The van der Waals surface area contributed by atoms with Crippen molar-refractivity contribution in [1.29, 1.82) is 0 Å². The molecule has 0 aliphatic heterocycles. The summed E-state index contributed by atoms with van der Waals surface area (Å²) in [6.45, 7) is 0.894. The molecule has 0 atom stereocenters. The number of anilines is 1. The molecule has 1 aromatic heterocycles. The second-order valence-electron chi connectivity index (χ2n) is 3.63. The number of amides is 1. The van der Waals surface area contributed by atoms with Gasteiger partial charge in [0.1, 0.15) is 18.6 Å². The summed E-state index contributed by atoms with van der Waals surface area (Å²) < 4.78 is 10.2. The van der Waals surface area contributed by atoms with E-state index in [-0.39, 0.29) is 5.91 Å². The monoisotopic (exact) mass is 246 g/mol. The molecule has 0 bridgehead atoms. The van der Waals surface area contributed by atoms with E-state index in [9.17, 15) is 4.79 Å². The number of hydrogen-bond acceptors (Lipinski definition) is 4. The zero-order valence-electron chi connectivity index (χ0n) is 9.76. The van der Waals surface area contributed by atoms with Crippen molar-refractivity contribution in [2.24, 2.45) is 5.73 Å². The number of carbonyl (C=O) groups excluding carboxylic acids is 1. The van der Waals surface area contributed by atoms with E-state index in [1.807, 2.05) is 6.07 Å². The molecule has 1 aromatic carbocycles. The van der Waals surface area contributed by atoms with Crippen LogP contribution in [-0.2, 0) is 0 Å². The normalized spacial score (nSPS) is 10.1. The summed E-state index contributed by atoms with van der Waals surface area (Å²) in [5, 5.41) is 2.75. The Hall–Kier alpha value is -2.27. The summed E-state index contributed by atoms with van der Waals surface area (Å²) in [6, 6.07) is 8.74. The van der Waals surface area contributed by atoms with Crippen LogP contribution in [0.4, 0.5) is 5.69 Å². The highest BCUT2D eigenvalue weighted by Gasteiger charge is 2.07.